The van der Waals surface area contributed by atoms with E-state index in [1.165, 1.54) is 0 Å². The van der Waals surface area contributed by atoms with E-state index in [9.17, 15) is 9.59 Å². The zero-order valence-corrected chi connectivity index (χ0v) is 17.8. The molecular formula is C24H30N4O3. The van der Waals surface area contributed by atoms with Crippen molar-refractivity contribution in [3.05, 3.63) is 66.0 Å². The van der Waals surface area contributed by atoms with Gasteiger partial charge in [-0.1, -0.05) is 30.3 Å². The number of morpholine rings is 1. The number of benzene rings is 1. The van der Waals surface area contributed by atoms with Crippen molar-refractivity contribution in [1.29, 1.82) is 0 Å². The number of pyridine rings is 1. The highest BCUT2D eigenvalue weighted by molar-refractivity contribution is 5.94. The fourth-order valence-electron chi connectivity index (χ4n) is 4.27. The first kappa shape index (κ1) is 21.5. The van der Waals surface area contributed by atoms with Crippen LogP contribution in [0.25, 0.3) is 0 Å². The van der Waals surface area contributed by atoms with Crippen molar-refractivity contribution >= 4 is 11.8 Å². The van der Waals surface area contributed by atoms with Gasteiger partial charge in [-0.3, -0.25) is 19.5 Å². The van der Waals surface area contributed by atoms with E-state index < -0.39 is 0 Å². The molecular weight excluding hydrogens is 392 g/mol. The fraction of sp³-hybridized carbons (Fsp3) is 0.458. The van der Waals surface area contributed by atoms with Crippen molar-refractivity contribution < 1.29 is 14.3 Å². The lowest BCUT2D eigenvalue weighted by atomic mass is 9.94. The number of piperidine rings is 1. The van der Waals surface area contributed by atoms with Crippen molar-refractivity contribution in [2.24, 2.45) is 5.92 Å². The maximum absolute atomic E-state index is 13.1. The van der Waals surface area contributed by atoms with E-state index in [0.29, 0.717) is 31.5 Å². The first-order chi connectivity index (χ1) is 15.2. The van der Waals surface area contributed by atoms with E-state index in [0.717, 1.165) is 38.4 Å². The molecule has 2 saturated heterocycles. The van der Waals surface area contributed by atoms with E-state index in [4.69, 9.17) is 4.74 Å². The number of nitrogens with one attached hydrogen (secondary N) is 1. The molecule has 2 fully saturated rings. The number of ether oxygens (including phenoxy) is 1. The predicted octanol–water partition coefficient (Wildman–Crippen LogP) is 2.12. The summed E-state index contributed by atoms with van der Waals surface area (Å²) >= 11 is 0. The number of nitrogens with zero attached hydrogens (tertiary/aromatic N) is 3. The molecule has 2 amide bonds. The van der Waals surface area contributed by atoms with Gasteiger partial charge in [-0.25, -0.2) is 0 Å². The summed E-state index contributed by atoms with van der Waals surface area (Å²) in [4.78, 5) is 33.9. The predicted molar refractivity (Wildman–Crippen MR) is 117 cm³/mol. The van der Waals surface area contributed by atoms with Crippen LogP contribution in [0.3, 0.4) is 0 Å². The van der Waals surface area contributed by atoms with Crippen LogP contribution in [0.2, 0.25) is 0 Å². The molecule has 0 bridgehead atoms. The smallest absolute Gasteiger partial charge is 0.255 e. The second-order valence-electron chi connectivity index (χ2n) is 8.19. The lowest BCUT2D eigenvalue weighted by molar-refractivity contribution is -0.127. The largest absolute Gasteiger partial charge is 0.379 e. The topological polar surface area (TPSA) is 74.8 Å². The average molecular weight is 423 g/mol. The molecule has 7 nitrogen and oxygen atoms in total. The third kappa shape index (κ3) is 5.68. The Hall–Kier alpha value is -2.77. The van der Waals surface area contributed by atoms with Gasteiger partial charge in [0.05, 0.1) is 24.8 Å². The van der Waals surface area contributed by atoms with Crippen LogP contribution in [-0.2, 0) is 9.53 Å². The van der Waals surface area contributed by atoms with Gasteiger partial charge < -0.3 is 15.0 Å². The second-order valence-corrected chi connectivity index (χ2v) is 8.19. The van der Waals surface area contributed by atoms with E-state index in [1.807, 2.05) is 23.1 Å². The third-order valence-corrected chi connectivity index (χ3v) is 6.12. The number of amides is 2. The van der Waals surface area contributed by atoms with Gasteiger partial charge in [-0.05, 0) is 30.5 Å². The third-order valence-electron chi connectivity index (χ3n) is 6.12. The molecule has 1 aromatic heterocycles. The van der Waals surface area contributed by atoms with Crippen LogP contribution in [0, 0.1) is 5.92 Å². The van der Waals surface area contributed by atoms with Crippen LogP contribution >= 0.6 is 0 Å². The summed E-state index contributed by atoms with van der Waals surface area (Å²) in [5.41, 5.74) is 1.71. The van der Waals surface area contributed by atoms with Crippen LogP contribution < -0.4 is 5.32 Å². The van der Waals surface area contributed by atoms with Gasteiger partial charge in [0.25, 0.3) is 5.91 Å². The monoisotopic (exact) mass is 422 g/mol. The number of carbonyl (C=O) groups excluding carboxylic acids is 2. The molecule has 0 aliphatic carbocycles. The van der Waals surface area contributed by atoms with E-state index in [1.54, 1.807) is 24.5 Å². The van der Waals surface area contributed by atoms with Gasteiger partial charge in [0.1, 0.15) is 0 Å². The van der Waals surface area contributed by atoms with Crippen molar-refractivity contribution in [1.82, 2.24) is 20.1 Å². The molecule has 2 aliphatic rings. The Kier molecular flexibility index (Phi) is 7.27. The van der Waals surface area contributed by atoms with E-state index >= 15 is 0 Å². The van der Waals surface area contributed by atoms with Crippen molar-refractivity contribution in [3.63, 3.8) is 0 Å². The van der Waals surface area contributed by atoms with Gasteiger partial charge in [0.2, 0.25) is 5.91 Å². The molecule has 2 aliphatic heterocycles. The average Bonchev–Trinajstić information content (AvgIpc) is 2.85. The minimum Gasteiger partial charge on any atom is -0.379 e. The van der Waals surface area contributed by atoms with Crippen molar-refractivity contribution in [3.8, 4) is 0 Å². The van der Waals surface area contributed by atoms with Crippen LogP contribution in [-0.4, -0.2) is 72.5 Å². The number of aromatic nitrogens is 1. The molecule has 2 aromatic rings. The molecule has 3 heterocycles. The summed E-state index contributed by atoms with van der Waals surface area (Å²) in [5.74, 6) is -0.00845. The molecule has 7 heteroatoms. The normalized spacial score (nSPS) is 19.0. The first-order valence-electron chi connectivity index (χ1n) is 11.1. The molecule has 0 saturated carbocycles. The second kappa shape index (κ2) is 10.5. The van der Waals surface area contributed by atoms with Crippen LogP contribution in [0.5, 0.6) is 0 Å². The van der Waals surface area contributed by atoms with Gasteiger partial charge >= 0.3 is 0 Å². The Morgan fingerprint density at radius 3 is 2.45 bits per heavy atom. The molecule has 1 aromatic carbocycles. The molecule has 1 N–H and O–H groups in total. The Morgan fingerprint density at radius 2 is 1.77 bits per heavy atom. The minimum absolute atomic E-state index is 0.0126. The highest BCUT2D eigenvalue weighted by Gasteiger charge is 2.30. The van der Waals surface area contributed by atoms with Crippen molar-refractivity contribution in [2.75, 3.05) is 45.9 Å². The summed E-state index contributed by atoms with van der Waals surface area (Å²) in [5, 5.41) is 3.29. The molecule has 0 spiro atoms. The zero-order chi connectivity index (χ0) is 21.5. The van der Waals surface area contributed by atoms with Crippen LogP contribution in [0.4, 0.5) is 0 Å². The van der Waals surface area contributed by atoms with Gasteiger partial charge in [-0.2, -0.15) is 0 Å². The summed E-state index contributed by atoms with van der Waals surface area (Å²) in [6.45, 7) is 5.19. The van der Waals surface area contributed by atoms with E-state index in [-0.39, 0.29) is 23.8 Å². The summed E-state index contributed by atoms with van der Waals surface area (Å²) < 4.78 is 5.46. The number of carbonyl (C=O) groups is 2. The Labute approximate surface area is 183 Å². The number of rotatable bonds is 6. The Bertz CT molecular complexity index is 848. The SMILES string of the molecule is O=C(N[C@H](CN1CCOCC1)c1ccccc1)C1CCN(C(=O)c2cccnc2)CC1. The van der Waals surface area contributed by atoms with E-state index in [2.05, 4.69) is 27.3 Å². The highest BCUT2D eigenvalue weighted by atomic mass is 16.5. The number of hydrogen-bond acceptors (Lipinski definition) is 5. The lowest BCUT2D eigenvalue weighted by Crippen LogP contribution is -2.46. The van der Waals surface area contributed by atoms with Gasteiger partial charge in [-0.15, -0.1) is 0 Å². The molecule has 4 rings (SSSR count). The molecule has 164 valence electrons. The molecule has 1 atom stereocenters. The van der Waals surface area contributed by atoms with Crippen LogP contribution in [0.15, 0.2) is 54.9 Å². The first-order valence-corrected chi connectivity index (χ1v) is 11.1. The maximum Gasteiger partial charge on any atom is 0.255 e. The molecule has 0 unspecified atom stereocenters. The van der Waals surface area contributed by atoms with Gasteiger partial charge in [0.15, 0.2) is 0 Å². The summed E-state index contributed by atoms with van der Waals surface area (Å²) in [7, 11) is 0. The lowest BCUT2D eigenvalue weighted by Gasteiger charge is -2.34. The minimum atomic E-state index is -0.0751. The molecule has 31 heavy (non-hydrogen) atoms. The summed E-state index contributed by atoms with van der Waals surface area (Å²) in [6.07, 6.45) is 4.61. The number of hydrogen-bond donors (Lipinski definition) is 1. The highest BCUT2D eigenvalue weighted by Crippen LogP contribution is 2.22. The fourth-order valence-corrected chi connectivity index (χ4v) is 4.27. The zero-order valence-electron chi connectivity index (χ0n) is 17.8. The maximum atomic E-state index is 13.1. The number of likely N-dealkylation sites (tertiary alicyclic amines) is 1. The van der Waals surface area contributed by atoms with Gasteiger partial charge in [0, 0.05) is 51.0 Å². The Balaban J connectivity index is 1.35. The quantitative estimate of drug-likeness (QED) is 0.772. The Morgan fingerprint density at radius 1 is 1.03 bits per heavy atom. The summed E-state index contributed by atoms with van der Waals surface area (Å²) in [6, 6.07) is 13.7. The standard InChI is InChI=1S/C24H30N4O3/c29-23(20-8-11-28(12-9-20)24(30)21-7-4-10-25-17-21)26-22(19-5-2-1-3-6-19)18-27-13-15-31-16-14-27/h1-7,10,17,20,22H,8-9,11-16,18H2,(H,26,29)/t22-/m1/s1. The van der Waals surface area contributed by atoms with Crippen molar-refractivity contribution in [2.45, 2.75) is 18.9 Å². The molecule has 0 radical (unpaired) electrons. The van der Waals surface area contributed by atoms with Crippen LogP contribution in [0.1, 0.15) is 34.8 Å².